The molecule has 0 saturated heterocycles. The first kappa shape index (κ1) is 9.71. The van der Waals surface area contributed by atoms with Gasteiger partial charge in [-0.05, 0) is 18.2 Å². The van der Waals surface area contributed by atoms with Gasteiger partial charge in [0.2, 0.25) is 5.95 Å². The van der Waals surface area contributed by atoms with Crippen LogP contribution >= 0.6 is 0 Å². The summed E-state index contributed by atoms with van der Waals surface area (Å²) >= 11 is 0. The smallest absolute Gasteiger partial charge is 0.224 e. The van der Waals surface area contributed by atoms with Gasteiger partial charge in [-0.3, -0.25) is 0 Å². The molecular formula is C11H10N6. The molecular weight excluding hydrogens is 216 g/mol. The summed E-state index contributed by atoms with van der Waals surface area (Å²) < 4.78 is 1.77. The van der Waals surface area contributed by atoms with Crippen molar-refractivity contribution in [1.29, 1.82) is 0 Å². The quantitative estimate of drug-likeness (QED) is 0.728. The molecule has 0 fully saturated rings. The summed E-state index contributed by atoms with van der Waals surface area (Å²) in [5.41, 5.74) is 1.86. The summed E-state index contributed by atoms with van der Waals surface area (Å²) in [7, 11) is 0. The summed E-state index contributed by atoms with van der Waals surface area (Å²) in [5.74, 6) is 0.576. The van der Waals surface area contributed by atoms with E-state index in [0.29, 0.717) is 12.6 Å². The van der Waals surface area contributed by atoms with Gasteiger partial charge in [-0.1, -0.05) is 17.3 Å². The topological polar surface area (TPSA) is 68.5 Å². The zero-order chi connectivity index (χ0) is 11.5. The van der Waals surface area contributed by atoms with Crippen molar-refractivity contribution in [2.75, 3.05) is 5.32 Å². The molecule has 17 heavy (non-hydrogen) atoms. The minimum atomic E-state index is 0.491. The van der Waals surface area contributed by atoms with Gasteiger partial charge in [0.25, 0.3) is 0 Å². The monoisotopic (exact) mass is 226 g/mol. The Morgan fingerprint density at radius 1 is 1.06 bits per heavy atom. The van der Waals surface area contributed by atoms with Crippen LogP contribution in [0.4, 0.5) is 5.95 Å². The summed E-state index contributed by atoms with van der Waals surface area (Å²) in [4.78, 5) is 8.15. The van der Waals surface area contributed by atoms with Gasteiger partial charge < -0.3 is 5.32 Å². The van der Waals surface area contributed by atoms with Crippen molar-refractivity contribution in [3.05, 3.63) is 42.7 Å². The van der Waals surface area contributed by atoms with E-state index in [1.165, 1.54) is 0 Å². The zero-order valence-electron chi connectivity index (χ0n) is 8.98. The molecule has 0 spiro atoms. The Labute approximate surface area is 97.3 Å². The molecule has 0 radical (unpaired) electrons. The molecule has 6 nitrogen and oxygen atoms in total. The van der Waals surface area contributed by atoms with Gasteiger partial charge in [-0.25, -0.2) is 14.6 Å². The third-order valence-corrected chi connectivity index (χ3v) is 2.37. The van der Waals surface area contributed by atoms with Gasteiger partial charge in [-0.2, -0.15) is 0 Å². The maximum absolute atomic E-state index is 4.07. The van der Waals surface area contributed by atoms with Crippen LogP contribution < -0.4 is 5.32 Å². The van der Waals surface area contributed by atoms with Gasteiger partial charge in [-0.15, -0.1) is 5.10 Å². The largest absolute Gasteiger partial charge is 0.335 e. The second-order valence-corrected chi connectivity index (χ2v) is 3.48. The highest BCUT2D eigenvalue weighted by Gasteiger charge is 2.02. The van der Waals surface area contributed by atoms with Gasteiger partial charge in [0.1, 0.15) is 12.2 Å². The maximum atomic E-state index is 4.07. The highest BCUT2D eigenvalue weighted by molar-refractivity contribution is 5.73. The lowest BCUT2D eigenvalue weighted by Gasteiger charge is -2.04. The second kappa shape index (κ2) is 4.17. The van der Waals surface area contributed by atoms with Gasteiger partial charge in [0.15, 0.2) is 0 Å². The van der Waals surface area contributed by atoms with E-state index < -0.39 is 0 Å². The lowest BCUT2D eigenvalue weighted by molar-refractivity contribution is 0.651. The van der Waals surface area contributed by atoms with Crippen molar-refractivity contribution in [3.8, 4) is 0 Å². The number of hydrogen-bond acceptors (Lipinski definition) is 5. The number of rotatable bonds is 3. The number of nitrogens with zero attached hydrogens (tertiary/aromatic N) is 5. The van der Waals surface area contributed by atoms with Crippen LogP contribution in [-0.2, 0) is 6.67 Å². The fraction of sp³-hybridized carbons (Fsp3) is 0.0909. The Morgan fingerprint density at radius 2 is 1.88 bits per heavy atom. The van der Waals surface area contributed by atoms with Crippen LogP contribution in [0.1, 0.15) is 0 Å². The number of aromatic nitrogens is 5. The summed E-state index contributed by atoms with van der Waals surface area (Å²) in [6, 6.07) is 9.58. The molecule has 1 aromatic carbocycles. The Bertz CT molecular complexity index is 618. The standard InChI is InChI=1S/C11H10N6/c1-2-5-10-9(4-1)15-16-17(10)8-14-11-12-6-3-7-13-11/h1-7H,8H2,(H,12,13,14). The molecule has 0 bridgehead atoms. The predicted octanol–water partition coefficient (Wildman–Crippen LogP) is 1.29. The molecule has 2 heterocycles. The lowest BCUT2D eigenvalue weighted by Crippen LogP contribution is -2.11. The Kier molecular flexibility index (Phi) is 2.38. The molecule has 2 aromatic heterocycles. The minimum Gasteiger partial charge on any atom is -0.335 e. The summed E-state index contributed by atoms with van der Waals surface area (Å²) in [6.07, 6.45) is 3.38. The van der Waals surface area contributed by atoms with Crippen LogP contribution in [0.15, 0.2) is 42.7 Å². The van der Waals surface area contributed by atoms with Crippen LogP contribution in [0.3, 0.4) is 0 Å². The van der Waals surface area contributed by atoms with Crippen LogP contribution in [0.5, 0.6) is 0 Å². The van der Waals surface area contributed by atoms with Crippen molar-refractivity contribution < 1.29 is 0 Å². The molecule has 6 heteroatoms. The van der Waals surface area contributed by atoms with Crippen LogP contribution in [0.25, 0.3) is 11.0 Å². The average molecular weight is 226 g/mol. The van der Waals surface area contributed by atoms with E-state index in [1.807, 2.05) is 24.3 Å². The van der Waals surface area contributed by atoms with E-state index in [1.54, 1.807) is 23.1 Å². The third kappa shape index (κ3) is 1.92. The van der Waals surface area contributed by atoms with E-state index in [-0.39, 0.29) is 0 Å². The molecule has 3 rings (SSSR count). The first-order chi connectivity index (χ1) is 8.43. The van der Waals surface area contributed by atoms with Crippen molar-refractivity contribution in [3.63, 3.8) is 0 Å². The number of para-hydroxylation sites is 1. The molecule has 0 aliphatic rings. The zero-order valence-corrected chi connectivity index (χ0v) is 8.98. The normalized spacial score (nSPS) is 10.6. The van der Waals surface area contributed by atoms with E-state index in [0.717, 1.165) is 11.0 Å². The first-order valence-electron chi connectivity index (χ1n) is 5.22. The number of nitrogens with one attached hydrogen (secondary N) is 1. The number of fused-ring (bicyclic) bond motifs is 1. The Hall–Kier alpha value is -2.50. The molecule has 0 aliphatic heterocycles. The van der Waals surface area contributed by atoms with E-state index in [2.05, 4.69) is 25.6 Å². The predicted molar refractivity (Wildman–Crippen MR) is 63.2 cm³/mol. The van der Waals surface area contributed by atoms with E-state index >= 15 is 0 Å². The number of hydrogen-bond donors (Lipinski definition) is 1. The Morgan fingerprint density at radius 3 is 2.76 bits per heavy atom. The van der Waals surface area contributed by atoms with Crippen LogP contribution in [0.2, 0.25) is 0 Å². The van der Waals surface area contributed by atoms with Gasteiger partial charge in [0, 0.05) is 12.4 Å². The molecule has 0 unspecified atom stereocenters. The lowest BCUT2D eigenvalue weighted by atomic mass is 10.3. The molecule has 0 amide bonds. The summed E-state index contributed by atoms with van der Waals surface area (Å²) in [6.45, 7) is 0.491. The van der Waals surface area contributed by atoms with Crippen LogP contribution in [0, 0.1) is 0 Å². The molecule has 3 aromatic rings. The number of anilines is 1. The summed E-state index contributed by atoms with van der Waals surface area (Å²) in [5, 5.41) is 11.2. The fourth-order valence-corrected chi connectivity index (χ4v) is 1.57. The molecule has 1 N–H and O–H groups in total. The van der Waals surface area contributed by atoms with Crippen molar-refractivity contribution in [1.82, 2.24) is 25.0 Å². The first-order valence-corrected chi connectivity index (χ1v) is 5.22. The van der Waals surface area contributed by atoms with Crippen molar-refractivity contribution in [2.45, 2.75) is 6.67 Å². The molecule has 0 aliphatic carbocycles. The van der Waals surface area contributed by atoms with Crippen molar-refractivity contribution in [2.24, 2.45) is 0 Å². The van der Waals surface area contributed by atoms with Gasteiger partial charge in [0.05, 0.1) is 5.52 Å². The highest BCUT2D eigenvalue weighted by atomic mass is 15.5. The molecule has 0 atom stereocenters. The van der Waals surface area contributed by atoms with Crippen molar-refractivity contribution >= 4 is 17.0 Å². The Balaban J connectivity index is 1.82. The minimum absolute atomic E-state index is 0.491. The van der Waals surface area contributed by atoms with E-state index in [9.17, 15) is 0 Å². The maximum Gasteiger partial charge on any atom is 0.224 e. The molecule has 84 valence electrons. The molecule has 0 saturated carbocycles. The van der Waals surface area contributed by atoms with Gasteiger partial charge >= 0.3 is 0 Å². The van der Waals surface area contributed by atoms with Crippen LogP contribution in [-0.4, -0.2) is 25.0 Å². The SMILES string of the molecule is c1cnc(NCn2nnc3ccccc32)nc1. The fourth-order valence-electron chi connectivity index (χ4n) is 1.57. The average Bonchev–Trinajstić information content (AvgIpc) is 2.81. The second-order valence-electron chi connectivity index (χ2n) is 3.48. The van der Waals surface area contributed by atoms with E-state index in [4.69, 9.17) is 0 Å². The third-order valence-electron chi connectivity index (χ3n) is 2.37. The highest BCUT2D eigenvalue weighted by Crippen LogP contribution is 2.09. The number of benzene rings is 1.